The molecule has 6 rings (SSSR count). The van der Waals surface area contributed by atoms with Crippen molar-refractivity contribution in [2.24, 2.45) is 0 Å². The maximum absolute atomic E-state index is 12.6. The van der Waals surface area contributed by atoms with Gasteiger partial charge in [0.05, 0.1) is 33.6 Å². The molecule has 0 spiro atoms. The smallest absolute Gasteiger partial charge is 0.235 e. The summed E-state index contributed by atoms with van der Waals surface area (Å²) >= 11 is 0. The molecular weight excluding hydrogens is 510 g/mol. The van der Waals surface area contributed by atoms with Gasteiger partial charge < -0.3 is 15.2 Å². The van der Waals surface area contributed by atoms with Gasteiger partial charge in [0.25, 0.3) is 0 Å². The third-order valence-electron chi connectivity index (χ3n) is 7.84. The Labute approximate surface area is 218 Å². The molecule has 0 radical (unpaired) electrons. The van der Waals surface area contributed by atoms with Crippen LogP contribution in [-0.2, 0) is 26.6 Å². The molecule has 0 atom stereocenters. The molecule has 2 aliphatic heterocycles. The summed E-state index contributed by atoms with van der Waals surface area (Å²) in [6, 6.07) is 13.9. The number of piperazine rings is 1. The van der Waals surface area contributed by atoms with E-state index in [1.807, 2.05) is 30.3 Å². The summed E-state index contributed by atoms with van der Waals surface area (Å²) in [6.45, 7) is 5.67. The Morgan fingerprint density at radius 3 is 2.22 bits per heavy atom. The van der Waals surface area contributed by atoms with E-state index in [4.69, 9.17) is 5.73 Å². The van der Waals surface area contributed by atoms with E-state index in [1.54, 1.807) is 4.31 Å². The van der Waals surface area contributed by atoms with Gasteiger partial charge >= 0.3 is 0 Å². The van der Waals surface area contributed by atoms with Crippen LogP contribution in [-0.4, -0.2) is 69.4 Å². The van der Waals surface area contributed by atoms with Gasteiger partial charge in [0.15, 0.2) is 0 Å². The van der Waals surface area contributed by atoms with E-state index in [9.17, 15) is 16.8 Å². The number of nitrogens with zero attached hydrogens (tertiary/aromatic N) is 4. The van der Waals surface area contributed by atoms with Gasteiger partial charge in [0.1, 0.15) is 0 Å². The number of hydrogen-bond donors (Lipinski definition) is 1. The molecule has 9 nitrogen and oxygen atoms in total. The molecular formula is C26H33N5O4S2. The molecule has 1 aliphatic carbocycles. The molecule has 3 fully saturated rings. The maximum atomic E-state index is 12.6. The average Bonchev–Trinajstić information content (AvgIpc) is 3.65. The quantitative estimate of drug-likeness (QED) is 0.512. The summed E-state index contributed by atoms with van der Waals surface area (Å²) in [4.78, 5) is 2.24. The lowest BCUT2D eigenvalue weighted by atomic mass is 10.1. The predicted octanol–water partition coefficient (Wildman–Crippen LogP) is 3.06. The van der Waals surface area contributed by atoms with Crippen LogP contribution >= 0.6 is 0 Å². The Morgan fingerprint density at radius 2 is 1.62 bits per heavy atom. The Hall–Kier alpha value is -2.76. The standard InChI is InChI=1S/C26H33N5O4S2/c1-2-30-24-18-21(28-13-15-29(16-14-28)37(34,35)22-9-10-22)8-11-23(24)25(27)26(30)19-4-6-20(7-5-19)31-12-3-17-36(31,32)33/h4-8,11,18,22H,2-3,9-10,12-17,27H2,1H3. The van der Waals surface area contributed by atoms with Crippen molar-refractivity contribution < 1.29 is 16.8 Å². The lowest BCUT2D eigenvalue weighted by Gasteiger charge is -2.35. The zero-order valence-electron chi connectivity index (χ0n) is 21.0. The highest BCUT2D eigenvalue weighted by atomic mass is 32.2. The zero-order valence-corrected chi connectivity index (χ0v) is 22.6. The Morgan fingerprint density at radius 1 is 0.946 bits per heavy atom. The molecule has 2 N–H and O–H groups in total. The SMILES string of the molecule is CCn1c(-c2ccc(N3CCCS3(=O)=O)cc2)c(N)c2ccc(N3CCN(S(=O)(=O)C4CC4)CC3)cc21. The molecule has 11 heteroatoms. The van der Waals surface area contributed by atoms with E-state index in [-0.39, 0.29) is 11.0 Å². The highest BCUT2D eigenvalue weighted by Gasteiger charge is 2.41. The molecule has 0 unspecified atom stereocenters. The summed E-state index contributed by atoms with van der Waals surface area (Å²) in [7, 11) is -6.36. The van der Waals surface area contributed by atoms with Crippen molar-refractivity contribution in [1.82, 2.24) is 8.87 Å². The highest BCUT2D eigenvalue weighted by molar-refractivity contribution is 7.93. The van der Waals surface area contributed by atoms with Crippen LogP contribution in [0.25, 0.3) is 22.2 Å². The van der Waals surface area contributed by atoms with Crippen LogP contribution in [0.1, 0.15) is 26.2 Å². The van der Waals surface area contributed by atoms with Gasteiger partial charge in [-0.15, -0.1) is 0 Å². The predicted molar refractivity (Wildman–Crippen MR) is 149 cm³/mol. The third-order valence-corrected chi connectivity index (χ3v) is 12.1. The van der Waals surface area contributed by atoms with Crippen LogP contribution in [0.5, 0.6) is 0 Å². The summed E-state index contributed by atoms with van der Waals surface area (Å²) in [5.74, 6) is 0.194. The summed E-state index contributed by atoms with van der Waals surface area (Å²) in [6.07, 6.45) is 2.23. The minimum Gasteiger partial charge on any atom is -0.396 e. The minimum atomic E-state index is -3.23. The molecule has 2 aromatic carbocycles. The normalized spacial score (nSPS) is 20.7. The van der Waals surface area contributed by atoms with Crippen LogP contribution < -0.4 is 14.9 Å². The molecule has 1 aromatic heterocycles. The number of sulfonamides is 2. The fourth-order valence-corrected chi connectivity index (χ4v) is 9.08. The van der Waals surface area contributed by atoms with Crippen molar-refractivity contribution in [2.45, 2.75) is 38.0 Å². The van der Waals surface area contributed by atoms with Crippen LogP contribution in [0.4, 0.5) is 17.1 Å². The topological polar surface area (TPSA) is 109 Å². The van der Waals surface area contributed by atoms with Crippen molar-refractivity contribution in [3.63, 3.8) is 0 Å². The molecule has 3 heterocycles. The lowest BCUT2D eigenvalue weighted by molar-refractivity contribution is 0.384. The largest absolute Gasteiger partial charge is 0.396 e. The van der Waals surface area contributed by atoms with Gasteiger partial charge in [-0.05, 0) is 56.5 Å². The second kappa shape index (κ2) is 8.92. The maximum Gasteiger partial charge on any atom is 0.235 e. The molecule has 37 heavy (non-hydrogen) atoms. The highest BCUT2D eigenvalue weighted by Crippen LogP contribution is 2.39. The monoisotopic (exact) mass is 543 g/mol. The Bertz CT molecular complexity index is 1550. The lowest BCUT2D eigenvalue weighted by Crippen LogP contribution is -2.49. The van der Waals surface area contributed by atoms with Crippen molar-refractivity contribution in [1.29, 1.82) is 0 Å². The van der Waals surface area contributed by atoms with Crippen molar-refractivity contribution in [3.8, 4) is 11.3 Å². The number of nitrogens with two attached hydrogens (primary N) is 1. The van der Waals surface area contributed by atoms with Crippen LogP contribution in [0.15, 0.2) is 42.5 Å². The van der Waals surface area contributed by atoms with Gasteiger partial charge in [0, 0.05) is 55.9 Å². The average molecular weight is 544 g/mol. The number of rotatable bonds is 6. The fraction of sp³-hybridized carbons (Fsp3) is 0.462. The van der Waals surface area contributed by atoms with E-state index < -0.39 is 20.0 Å². The number of hydrogen-bond acceptors (Lipinski definition) is 6. The van der Waals surface area contributed by atoms with Crippen molar-refractivity contribution in [3.05, 3.63) is 42.5 Å². The number of aromatic nitrogens is 1. The summed E-state index contributed by atoms with van der Waals surface area (Å²) < 4.78 is 55.2. The first-order valence-electron chi connectivity index (χ1n) is 13.0. The second-order valence-electron chi connectivity index (χ2n) is 10.1. The number of anilines is 3. The molecule has 1 saturated carbocycles. The number of benzene rings is 2. The third kappa shape index (κ3) is 4.17. The van der Waals surface area contributed by atoms with E-state index in [0.717, 1.165) is 47.2 Å². The zero-order chi connectivity index (χ0) is 25.9. The molecule has 3 aromatic rings. The first-order chi connectivity index (χ1) is 17.7. The van der Waals surface area contributed by atoms with Crippen LogP contribution in [0, 0.1) is 0 Å². The molecule has 198 valence electrons. The van der Waals surface area contributed by atoms with Gasteiger partial charge in [-0.2, -0.15) is 4.31 Å². The molecule has 0 bridgehead atoms. The minimum absolute atomic E-state index is 0.168. The summed E-state index contributed by atoms with van der Waals surface area (Å²) in [5, 5.41) is 0.806. The molecule has 3 aliphatic rings. The number of nitrogen functional groups attached to an aromatic ring is 1. The Kier molecular flexibility index (Phi) is 5.92. The fourth-order valence-electron chi connectivity index (χ4n) is 5.69. The number of fused-ring (bicyclic) bond motifs is 1. The van der Waals surface area contributed by atoms with E-state index in [0.29, 0.717) is 50.5 Å². The van der Waals surface area contributed by atoms with E-state index in [1.165, 1.54) is 4.31 Å². The second-order valence-corrected chi connectivity index (χ2v) is 14.4. The van der Waals surface area contributed by atoms with Crippen molar-refractivity contribution >= 4 is 48.0 Å². The van der Waals surface area contributed by atoms with Gasteiger partial charge in [-0.1, -0.05) is 12.1 Å². The first-order valence-corrected chi connectivity index (χ1v) is 16.1. The molecule has 0 amide bonds. The van der Waals surface area contributed by atoms with Gasteiger partial charge in [-0.3, -0.25) is 4.31 Å². The van der Waals surface area contributed by atoms with Gasteiger partial charge in [0.2, 0.25) is 20.0 Å². The molecule has 2 saturated heterocycles. The summed E-state index contributed by atoms with van der Waals surface area (Å²) in [5.41, 5.74) is 12.0. The van der Waals surface area contributed by atoms with Crippen molar-refractivity contribution in [2.75, 3.05) is 53.4 Å². The van der Waals surface area contributed by atoms with Gasteiger partial charge in [-0.25, -0.2) is 16.8 Å². The first kappa shape index (κ1) is 24.6. The van der Waals surface area contributed by atoms with Crippen LogP contribution in [0.3, 0.4) is 0 Å². The van der Waals surface area contributed by atoms with Crippen LogP contribution in [0.2, 0.25) is 0 Å². The number of aryl methyl sites for hydroxylation is 1. The Balaban J connectivity index is 1.29. The van der Waals surface area contributed by atoms with E-state index >= 15 is 0 Å². The van der Waals surface area contributed by atoms with E-state index in [2.05, 4.69) is 28.5 Å².